The van der Waals surface area contributed by atoms with E-state index in [0.717, 1.165) is 12.0 Å². The first kappa shape index (κ1) is 13.1. The summed E-state index contributed by atoms with van der Waals surface area (Å²) in [5, 5.41) is 9.28. The van der Waals surface area contributed by atoms with Crippen LogP contribution in [0.25, 0.3) is 0 Å². The van der Waals surface area contributed by atoms with Crippen LogP contribution in [0, 0.1) is 5.41 Å². The van der Waals surface area contributed by atoms with E-state index >= 15 is 0 Å². The summed E-state index contributed by atoms with van der Waals surface area (Å²) in [5.41, 5.74) is 7.02. The van der Waals surface area contributed by atoms with E-state index in [2.05, 4.69) is 6.07 Å². The molecule has 1 aromatic rings. The first-order valence-corrected chi connectivity index (χ1v) is 6.20. The van der Waals surface area contributed by atoms with Crippen LogP contribution >= 0.6 is 0 Å². The minimum absolute atomic E-state index is 0.115. The number of carboxylic acid groups (broad SMARTS) is 1. The molecule has 18 heavy (non-hydrogen) atoms. The lowest BCUT2D eigenvalue weighted by Gasteiger charge is -2.32. The van der Waals surface area contributed by atoms with Gasteiger partial charge in [0, 0.05) is 6.54 Å². The topological polar surface area (TPSA) is 72.5 Å². The molecule has 4 heteroatoms. The van der Waals surface area contributed by atoms with Gasteiger partial charge in [-0.2, -0.15) is 0 Å². The third kappa shape index (κ3) is 2.40. The highest BCUT2D eigenvalue weighted by Crippen LogP contribution is 2.36. The molecule has 1 aromatic carbocycles. The van der Waals surface area contributed by atoms with Gasteiger partial charge in [0.25, 0.3) is 0 Å². The molecule has 0 aromatic heterocycles. The van der Waals surface area contributed by atoms with Crippen LogP contribution in [-0.2, 0) is 16.0 Å². The van der Waals surface area contributed by atoms with Crippen molar-refractivity contribution in [2.24, 2.45) is 11.1 Å². The molecule has 2 rings (SSSR count). The molecule has 1 aliphatic rings. The van der Waals surface area contributed by atoms with E-state index in [-0.39, 0.29) is 12.6 Å². The monoisotopic (exact) mass is 249 g/mol. The zero-order chi connectivity index (χ0) is 13.2. The molecule has 1 aliphatic heterocycles. The van der Waals surface area contributed by atoms with E-state index in [0.29, 0.717) is 13.0 Å². The SMILES string of the molecule is CC(CN)(CC1OCCc2ccccc21)C(=O)O. The summed E-state index contributed by atoms with van der Waals surface area (Å²) in [6.07, 6.45) is 1.13. The molecule has 4 nitrogen and oxygen atoms in total. The predicted octanol–water partition coefficient (Wildman–Crippen LogP) is 1.74. The second kappa shape index (κ2) is 5.08. The first-order valence-electron chi connectivity index (χ1n) is 6.20. The summed E-state index contributed by atoms with van der Waals surface area (Å²) in [4.78, 5) is 11.3. The number of carboxylic acids is 1. The molecule has 2 unspecified atom stereocenters. The van der Waals surface area contributed by atoms with Crippen molar-refractivity contribution in [2.75, 3.05) is 13.2 Å². The van der Waals surface area contributed by atoms with Crippen LogP contribution in [0.4, 0.5) is 0 Å². The van der Waals surface area contributed by atoms with Crippen LogP contribution in [0.2, 0.25) is 0 Å². The number of hydrogen-bond donors (Lipinski definition) is 2. The van der Waals surface area contributed by atoms with Crippen molar-refractivity contribution in [3.8, 4) is 0 Å². The van der Waals surface area contributed by atoms with Gasteiger partial charge in [-0.3, -0.25) is 4.79 Å². The summed E-state index contributed by atoms with van der Waals surface area (Å²) in [6, 6.07) is 8.05. The van der Waals surface area contributed by atoms with Gasteiger partial charge >= 0.3 is 5.97 Å². The highest BCUT2D eigenvalue weighted by Gasteiger charge is 2.36. The van der Waals surface area contributed by atoms with E-state index in [9.17, 15) is 9.90 Å². The number of aliphatic carboxylic acids is 1. The molecule has 2 atom stereocenters. The van der Waals surface area contributed by atoms with Crippen molar-refractivity contribution < 1.29 is 14.6 Å². The second-order valence-electron chi connectivity index (χ2n) is 5.08. The van der Waals surface area contributed by atoms with E-state index in [1.807, 2.05) is 18.2 Å². The summed E-state index contributed by atoms with van der Waals surface area (Å²) in [5.74, 6) is -0.864. The standard InChI is InChI=1S/C14H19NO3/c1-14(9-15,13(16)17)8-12-11-5-3-2-4-10(11)6-7-18-12/h2-5,12H,6-9,15H2,1H3,(H,16,17). The fourth-order valence-electron chi connectivity index (χ4n) is 2.31. The van der Waals surface area contributed by atoms with Gasteiger partial charge < -0.3 is 15.6 Å². The molecular formula is C14H19NO3. The second-order valence-corrected chi connectivity index (χ2v) is 5.08. The van der Waals surface area contributed by atoms with E-state index in [4.69, 9.17) is 10.5 Å². The van der Waals surface area contributed by atoms with Crippen molar-refractivity contribution >= 4 is 5.97 Å². The average Bonchev–Trinajstić information content (AvgIpc) is 2.39. The maximum Gasteiger partial charge on any atom is 0.310 e. The van der Waals surface area contributed by atoms with Crippen LogP contribution in [0.5, 0.6) is 0 Å². The molecule has 0 spiro atoms. The Hall–Kier alpha value is -1.39. The zero-order valence-electron chi connectivity index (χ0n) is 10.6. The Kier molecular flexibility index (Phi) is 3.68. The van der Waals surface area contributed by atoms with Gasteiger partial charge in [0.05, 0.1) is 18.1 Å². The van der Waals surface area contributed by atoms with Crippen molar-refractivity contribution in [2.45, 2.75) is 25.9 Å². The molecule has 0 bridgehead atoms. The number of benzene rings is 1. The smallest absolute Gasteiger partial charge is 0.310 e. The fourth-order valence-corrected chi connectivity index (χ4v) is 2.31. The normalized spacial score (nSPS) is 22.0. The highest BCUT2D eigenvalue weighted by molar-refractivity contribution is 5.74. The molecule has 0 saturated carbocycles. The fraction of sp³-hybridized carbons (Fsp3) is 0.500. The van der Waals surface area contributed by atoms with Crippen LogP contribution in [0.3, 0.4) is 0 Å². The highest BCUT2D eigenvalue weighted by atomic mass is 16.5. The molecule has 3 N–H and O–H groups in total. The molecule has 0 fully saturated rings. The Morgan fingerprint density at radius 3 is 2.94 bits per heavy atom. The quantitative estimate of drug-likeness (QED) is 0.852. The van der Waals surface area contributed by atoms with Crippen molar-refractivity contribution in [1.82, 2.24) is 0 Å². The Balaban J connectivity index is 2.23. The van der Waals surface area contributed by atoms with Crippen LogP contribution in [0.1, 0.15) is 30.6 Å². The van der Waals surface area contributed by atoms with Gasteiger partial charge in [-0.25, -0.2) is 0 Å². The summed E-state index contributed by atoms with van der Waals surface area (Å²) in [6.45, 7) is 2.43. The maximum atomic E-state index is 11.3. The van der Waals surface area contributed by atoms with Gasteiger partial charge in [0.1, 0.15) is 0 Å². The van der Waals surface area contributed by atoms with E-state index in [1.165, 1.54) is 5.56 Å². The largest absolute Gasteiger partial charge is 0.481 e. The summed E-state index contributed by atoms with van der Waals surface area (Å²) < 4.78 is 5.73. The Morgan fingerprint density at radius 1 is 1.56 bits per heavy atom. The molecule has 0 amide bonds. The minimum Gasteiger partial charge on any atom is -0.481 e. The number of fused-ring (bicyclic) bond motifs is 1. The lowest BCUT2D eigenvalue weighted by atomic mass is 9.81. The third-order valence-electron chi connectivity index (χ3n) is 3.70. The van der Waals surface area contributed by atoms with Gasteiger partial charge in [-0.15, -0.1) is 0 Å². The van der Waals surface area contributed by atoms with E-state index in [1.54, 1.807) is 6.92 Å². The van der Waals surface area contributed by atoms with E-state index < -0.39 is 11.4 Å². The lowest BCUT2D eigenvalue weighted by Crippen LogP contribution is -2.38. The van der Waals surface area contributed by atoms with Crippen molar-refractivity contribution in [3.63, 3.8) is 0 Å². The third-order valence-corrected chi connectivity index (χ3v) is 3.70. The number of carbonyl (C=O) groups is 1. The number of rotatable bonds is 4. The summed E-state index contributed by atoms with van der Waals surface area (Å²) in [7, 11) is 0. The Labute approximate surface area is 107 Å². The van der Waals surface area contributed by atoms with Gasteiger partial charge in [-0.1, -0.05) is 24.3 Å². The van der Waals surface area contributed by atoms with Crippen LogP contribution in [-0.4, -0.2) is 24.2 Å². The molecule has 0 aliphatic carbocycles. The maximum absolute atomic E-state index is 11.3. The van der Waals surface area contributed by atoms with Crippen LogP contribution < -0.4 is 5.73 Å². The minimum atomic E-state index is -0.935. The van der Waals surface area contributed by atoms with Crippen molar-refractivity contribution in [3.05, 3.63) is 35.4 Å². The van der Waals surface area contributed by atoms with Gasteiger partial charge in [-0.05, 0) is 30.9 Å². The zero-order valence-corrected chi connectivity index (χ0v) is 10.6. The molecule has 0 radical (unpaired) electrons. The Bertz CT molecular complexity index is 446. The first-order chi connectivity index (χ1) is 8.57. The predicted molar refractivity (Wildman–Crippen MR) is 68.3 cm³/mol. The lowest BCUT2D eigenvalue weighted by molar-refractivity contribution is -0.150. The molecular weight excluding hydrogens is 230 g/mol. The molecule has 1 heterocycles. The average molecular weight is 249 g/mol. The number of ether oxygens (including phenoxy) is 1. The van der Waals surface area contributed by atoms with Gasteiger partial charge in [0.15, 0.2) is 0 Å². The van der Waals surface area contributed by atoms with Crippen molar-refractivity contribution in [1.29, 1.82) is 0 Å². The van der Waals surface area contributed by atoms with Crippen LogP contribution in [0.15, 0.2) is 24.3 Å². The number of nitrogens with two attached hydrogens (primary N) is 1. The molecule has 0 saturated heterocycles. The Morgan fingerprint density at radius 2 is 2.28 bits per heavy atom. The summed E-state index contributed by atoms with van der Waals surface area (Å²) >= 11 is 0. The number of hydrogen-bond acceptors (Lipinski definition) is 3. The molecule has 98 valence electrons. The van der Waals surface area contributed by atoms with Gasteiger partial charge in [0.2, 0.25) is 0 Å².